The summed E-state index contributed by atoms with van der Waals surface area (Å²) in [7, 11) is 0. The van der Waals surface area contributed by atoms with E-state index in [-0.39, 0.29) is 24.0 Å². The Morgan fingerprint density at radius 2 is 1.97 bits per heavy atom. The lowest BCUT2D eigenvalue weighted by molar-refractivity contribution is 0.440. The van der Waals surface area contributed by atoms with Crippen LogP contribution in [0.3, 0.4) is 0 Å². The number of thiazole rings is 1. The Labute approximate surface area is 201 Å². The van der Waals surface area contributed by atoms with Gasteiger partial charge < -0.3 is 15.1 Å². The fourth-order valence-corrected chi connectivity index (χ4v) is 4.86. The Kier molecular flexibility index (Phi) is 8.99. The van der Waals surface area contributed by atoms with Crippen LogP contribution in [0.1, 0.15) is 37.4 Å². The highest BCUT2D eigenvalue weighted by atomic mass is 127. The normalized spacial score (nSPS) is 17.0. The standard InChI is InChI=1S/C23H31N5S.HI/c1-2-24-22(27-16-11-20(12-17-27)19-8-4-3-5-9-19)25-13-10-21-18-29-23(26-21)28-14-6-7-15-28;/h3-5,8-9,11,18H,2,6-7,10,12-17H2,1H3,(H,24,25);1H. The molecule has 0 amide bonds. The van der Waals surface area contributed by atoms with Gasteiger partial charge in [0.1, 0.15) is 0 Å². The van der Waals surface area contributed by atoms with Crippen molar-refractivity contribution < 1.29 is 0 Å². The molecule has 4 rings (SSSR count). The van der Waals surface area contributed by atoms with Gasteiger partial charge in [0.15, 0.2) is 11.1 Å². The first-order valence-electron chi connectivity index (χ1n) is 10.8. The highest BCUT2D eigenvalue weighted by molar-refractivity contribution is 14.0. The molecule has 162 valence electrons. The van der Waals surface area contributed by atoms with Crippen LogP contribution < -0.4 is 10.2 Å². The Balaban J connectivity index is 0.00000256. The van der Waals surface area contributed by atoms with Gasteiger partial charge in [-0.25, -0.2) is 4.98 Å². The number of aromatic nitrogens is 1. The van der Waals surface area contributed by atoms with Crippen LogP contribution in [0.2, 0.25) is 0 Å². The van der Waals surface area contributed by atoms with Gasteiger partial charge in [0.25, 0.3) is 0 Å². The Hall–Kier alpha value is -1.61. The zero-order chi connectivity index (χ0) is 19.9. The van der Waals surface area contributed by atoms with Crippen molar-refractivity contribution in [2.24, 2.45) is 4.99 Å². The monoisotopic (exact) mass is 537 g/mol. The van der Waals surface area contributed by atoms with E-state index in [1.807, 2.05) is 0 Å². The van der Waals surface area contributed by atoms with Crippen LogP contribution in [0.25, 0.3) is 5.57 Å². The van der Waals surface area contributed by atoms with Gasteiger partial charge in [-0.15, -0.1) is 35.3 Å². The number of rotatable bonds is 6. The summed E-state index contributed by atoms with van der Waals surface area (Å²) in [5, 5.41) is 6.85. The number of anilines is 1. The summed E-state index contributed by atoms with van der Waals surface area (Å²) < 4.78 is 0. The third-order valence-electron chi connectivity index (χ3n) is 5.53. The molecule has 5 nitrogen and oxygen atoms in total. The Morgan fingerprint density at radius 1 is 1.17 bits per heavy atom. The molecule has 1 fully saturated rings. The van der Waals surface area contributed by atoms with Crippen molar-refractivity contribution in [1.82, 2.24) is 15.2 Å². The maximum atomic E-state index is 4.89. The van der Waals surface area contributed by atoms with Crippen LogP contribution in [0.4, 0.5) is 5.13 Å². The van der Waals surface area contributed by atoms with Gasteiger partial charge in [-0.1, -0.05) is 36.4 Å². The van der Waals surface area contributed by atoms with Crippen LogP contribution >= 0.6 is 35.3 Å². The second kappa shape index (κ2) is 11.7. The van der Waals surface area contributed by atoms with Gasteiger partial charge in [0.2, 0.25) is 0 Å². The predicted molar refractivity (Wildman–Crippen MR) is 139 cm³/mol. The average molecular weight is 538 g/mol. The summed E-state index contributed by atoms with van der Waals surface area (Å²) in [6.45, 7) is 8.02. The fraction of sp³-hybridized carbons (Fsp3) is 0.478. The Morgan fingerprint density at radius 3 is 2.67 bits per heavy atom. The lowest BCUT2D eigenvalue weighted by Crippen LogP contribution is -2.43. The van der Waals surface area contributed by atoms with E-state index in [2.05, 4.69) is 63.8 Å². The van der Waals surface area contributed by atoms with Crippen molar-refractivity contribution in [1.29, 1.82) is 0 Å². The van der Waals surface area contributed by atoms with E-state index in [0.717, 1.165) is 58.1 Å². The van der Waals surface area contributed by atoms with Crippen molar-refractivity contribution in [3.05, 3.63) is 53.0 Å². The van der Waals surface area contributed by atoms with E-state index in [1.165, 1.54) is 34.8 Å². The summed E-state index contributed by atoms with van der Waals surface area (Å²) in [5.74, 6) is 1.02. The van der Waals surface area contributed by atoms with Gasteiger partial charge in [0, 0.05) is 51.1 Å². The summed E-state index contributed by atoms with van der Waals surface area (Å²) >= 11 is 1.77. The number of guanidine groups is 1. The van der Waals surface area contributed by atoms with E-state index in [4.69, 9.17) is 9.98 Å². The molecule has 2 aliphatic rings. The minimum Gasteiger partial charge on any atom is -0.357 e. The van der Waals surface area contributed by atoms with E-state index >= 15 is 0 Å². The quantitative estimate of drug-likeness (QED) is 0.331. The lowest BCUT2D eigenvalue weighted by atomic mass is 10.00. The Bertz CT molecular complexity index is 842. The molecule has 1 aromatic carbocycles. The first kappa shape index (κ1) is 23.1. The topological polar surface area (TPSA) is 43.8 Å². The molecule has 0 atom stereocenters. The van der Waals surface area contributed by atoms with Crippen LogP contribution in [0.15, 0.2) is 46.8 Å². The SMILES string of the molecule is CCNC(=NCCc1csc(N2CCCC2)n1)N1CC=C(c2ccccc2)CC1.I. The van der Waals surface area contributed by atoms with Crippen LogP contribution in [-0.4, -0.2) is 55.1 Å². The van der Waals surface area contributed by atoms with Crippen molar-refractivity contribution in [2.75, 3.05) is 44.2 Å². The first-order chi connectivity index (χ1) is 14.3. The van der Waals surface area contributed by atoms with Crippen molar-refractivity contribution in [2.45, 2.75) is 32.6 Å². The summed E-state index contributed by atoms with van der Waals surface area (Å²) in [6.07, 6.45) is 6.88. The molecule has 7 heteroatoms. The minimum absolute atomic E-state index is 0. The number of nitrogens with one attached hydrogen (secondary N) is 1. The number of nitrogens with zero attached hydrogens (tertiary/aromatic N) is 4. The van der Waals surface area contributed by atoms with Gasteiger partial charge in [-0.2, -0.15) is 0 Å². The van der Waals surface area contributed by atoms with E-state index in [1.54, 1.807) is 11.3 Å². The van der Waals surface area contributed by atoms with Gasteiger partial charge >= 0.3 is 0 Å². The summed E-state index contributed by atoms with van der Waals surface area (Å²) in [4.78, 5) is 14.5. The van der Waals surface area contributed by atoms with Gasteiger partial charge in [0.05, 0.1) is 5.69 Å². The van der Waals surface area contributed by atoms with Crippen molar-refractivity contribution >= 4 is 52.0 Å². The largest absolute Gasteiger partial charge is 0.357 e. The number of halogens is 1. The minimum atomic E-state index is 0. The molecule has 2 aromatic rings. The lowest BCUT2D eigenvalue weighted by Gasteiger charge is -2.29. The molecule has 1 saturated heterocycles. The number of benzene rings is 1. The molecule has 1 aromatic heterocycles. The molecular weight excluding hydrogens is 505 g/mol. The molecule has 0 spiro atoms. The maximum Gasteiger partial charge on any atom is 0.194 e. The molecule has 3 heterocycles. The van der Waals surface area contributed by atoms with Gasteiger partial charge in [-0.05, 0) is 37.3 Å². The van der Waals surface area contributed by atoms with E-state index < -0.39 is 0 Å². The first-order valence-corrected chi connectivity index (χ1v) is 11.7. The number of hydrogen-bond donors (Lipinski definition) is 1. The molecule has 0 bridgehead atoms. The zero-order valence-electron chi connectivity index (χ0n) is 17.7. The molecule has 0 aliphatic carbocycles. The highest BCUT2D eigenvalue weighted by Crippen LogP contribution is 2.25. The van der Waals surface area contributed by atoms with E-state index in [0.29, 0.717) is 0 Å². The van der Waals surface area contributed by atoms with Crippen molar-refractivity contribution in [3.8, 4) is 0 Å². The second-order valence-corrected chi connectivity index (χ2v) is 8.43. The number of aliphatic imine (C=N–C) groups is 1. The highest BCUT2D eigenvalue weighted by Gasteiger charge is 2.17. The smallest absolute Gasteiger partial charge is 0.194 e. The molecule has 1 N–H and O–H groups in total. The molecule has 0 radical (unpaired) electrons. The molecule has 2 aliphatic heterocycles. The molecule has 0 unspecified atom stereocenters. The second-order valence-electron chi connectivity index (χ2n) is 7.59. The zero-order valence-corrected chi connectivity index (χ0v) is 20.9. The number of hydrogen-bond acceptors (Lipinski definition) is 4. The average Bonchev–Trinajstić information content (AvgIpc) is 3.46. The molecule has 30 heavy (non-hydrogen) atoms. The fourth-order valence-electron chi connectivity index (χ4n) is 3.94. The third kappa shape index (κ3) is 5.97. The summed E-state index contributed by atoms with van der Waals surface area (Å²) in [5.41, 5.74) is 3.95. The van der Waals surface area contributed by atoms with Crippen LogP contribution in [0, 0.1) is 0 Å². The molecular formula is C23H32IN5S. The summed E-state index contributed by atoms with van der Waals surface area (Å²) in [6, 6.07) is 10.7. The van der Waals surface area contributed by atoms with Crippen molar-refractivity contribution in [3.63, 3.8) is 0 Å². The van der Waals surface area contributed by atoms with E-state index in [9.17, 15) is 0 Å². The molecule has 0 saturated carbocycles. The maximum absolute atomic E-state index is 4.89. The van der Waals surface area contributed by atoms with Gasteiger partial charge in [-0.3, -0.25) is 4.99 Å². The van der Waals surface area contributed by atoms with Crippen LogP contribution in [-0.2, 0) is 6.42 Å². The third-order valence-corrected chi connectivity index (χ3v) is 6.48. The predicted octanol–water partition coefficient (Wildman–Crippen LogP) is 4.66. The van der Waals surface area contributed by atoms with Crippen LogP contribution in [0.5, 0.6) is 0 Å².